The van der Waals surface area contributed by atoms with Crippen molar-refractivity contribution >= 4 is 50.2 Å². The van der Waals surface area contributed by atoms with Crippen LogP contribution in [0.15, 0.2) is 180 Å². The van der Waals surface area contributed by atoms with Gasteiger partial charge < -0.3 is 0 Å². The summed E-state index contributed by atoms with van der Waals surface area (Å²) in [6.45, 7) is 0. The number of nitrogens with one attached hydrogen (secondary N) is 1. The molecule has 49 heavy (non-hydrogen) atoms. The van der Waals surface area contributed by atoms with Gasteiger partial charge in [-0.15, -0.1) is 11.3 Å². The van der Waals surface area contributed by atoms with Crippen molar-refractivity contribution in [3.8, 4) is 32.8 Å². The van der Waals surface area contributed by atoms with Crippen LogP contribution in [0.1, 0.15) is 16.7 Å². The summed E-state index contributed by atoms with van der Waals surface area (Å²) in [5.74, 6) is 0.637. The van der Waals surface area contributed by atoms with Gasteiger partial charge >= 0.3 is 0 Å². The van der Waals surface area contributed by atoms with E-state index in [1.807, 2.05) is 97.1 Å². The zero-order valence-electron chi connectivity index (χ0n) is 26.5. The summed E-state index contributed by atoms with van der Waals surface area (Å²) in [7, 11) is 0. The normalized spacial score (nSPS) is 11.8. The molecule has 0 atom stereocenters. The molecule has 5 heteroatoms. The van der Waals surface area contributed by atoms with Crippen molar-refractivity contribution in [2.24, 2.45) is 9.98 Å². The molecule has 8 aromatic rings. The quantitative estimate of drug-likeness (QED) is 0.142. The number of amidine groups is 2. The molecule has 0 unspecified atom stereocenters. The van der Waals surface area contributed by atoms with Crippen molar-refractivity contribution in [1.29, 1.82) is 5.41 Å². The van der Waals surface area contributed by atoms with Gasteiger partial charge in [-0.1, -0.05) is 146 Å². The fraction of sp³-hybridized carbons (Fsp3) is 0. The molecule has 0 saturated heterocycles. The molecule has 0 bridgehead atoms. The van der Waals surface area contributed by atoms with Crippen molar-refractivity contribution in [1.82, 2.24) is 4.98 Å². The highest BCUT2D eigenvalue weighted by Gasteiger charge is 2.11. The number of aromatic nitrogens is 1. The summed E-state index contributed by atoms with van der Waals surface area (Å²) in [6, 6.07) is 57.7. The Bertz CT molecular complexity index is 2480. The summed E-state index contributed by atoms with van der Waals surface area (Å²) in [5.41, 5.74) is 9.18. The van der Waals surface area contributed by atoms with Crippen LogP contribution in [-0.4, -0.2) is 22.9 Å². The van der Waals surface area contributed by atoms with Gasteiger partial charge in [0.05, 0.1) is 10.2 Å². The van der Waals surface area contributed by atoms with Gasteiger partial charge in [-0.05, 0) is 62.9 Å². The molecule has 0 aliphatic heterocycles. The summed E-state index contributed by atoms with van der Waals surface area (Å²) < 4.78 is 1.17. The molecule has 1 N–H and O–H groups in total. The van der Waals surface area contributed by atoms with E-state index in [2.05, 4.69) is 72.8 Å². The predicted octanol–water partition coefficient (Wildman–Crippen LogP) is 11.3. The van der Waals surface area contributed by atoms with E-state index in [4.69, 9.17) is 20.4 Å². The summed E-state index contributed by atoms with van der Waals surface area (Å²) in [6.07, 6.45) is 1.80. The third-order valence-electron chi connectivity index (χ3n) is 8.46. The van der Waals surface area contributed by atoms with Crippen LogP contribution in [-0.2, 0) is 0 Å². The van der Waals surface area contributed by atoms with Crippen LogP contribution in [0.2, 0.25) is 0 Å². The molecule has 4 nitrogen and oxygen atoms in total. The smallest absolute Gasteiger partial charge is 0.161 e. The van der Waals surface area contributed by atoms with Crippen molar-refractivity contribution in [3.05, 3.63) is 187 Å². The minimum absolute atomic E-state index is 0.156. The number of fused-ring (bicyclic) bond motifs is 2. The molecule has 0 fully saturated rings. The van der Waals surface area contributed by atoms with E-state index in [1.165, 1.54) is 4.70 Å². The lowest BCUT2D eigenvalue weighted by Crippen LogP contribution is -2.05. The molecule has 7 aromatic carbocycles. The number of thiazole rings is 1. The van der Waals surface area contributed by atoms with E-state index in [0.29, 0.717) is 5.84 Å². The Labute approximate surface area is 289 Å². The summed E-state index contributed by atoms with van der Waals surface area (Å²) in [4.78, 5) is 14.5. The van der Waals surface area contributed by atoms with Crippen LogP contribution in [0, 0.1) is 5.41 Å². The highest BCUT2D eigenvalue weighted by Crippen LogP contribution is 2.34. The van der Waals surface area contributed by atoms with Gasteiger partial charge in [0, 0.05) is 22.9 Å². The molecule has 0 amide bonds. The lowest BCUT2D eigenvalue weighted by Gasteiger charge is -2.08. The lowest BCUT2D eigenvalue weighted by atomic mass is 9.99. The zero-order chi connectivity index (χ0) is 33.0. The van der Waals surface area contributed by atoms with Gasteiger partial charge in [0.1, 0.15) is 5.01 Å². The average Bonchev–Trinajstić information content (AvgIpc) is 3.61. The fourth-order valence-electron chi connectivity index (χ4n) is 5.84. The number of hydrogen-bond donors (Lipinski definition) is 1. The first kappa shape index (κ1) is 30.1. The predicted molar refractivity (Wildman–Crippen MR) is 207 cm³/mol. The highest BCUT2D eigenvalue weighted by atomic mass is 32.1. The molecule has 0 aliphatic rings. The Morgan fingerprint density at radius 3 is 1.86 bits per heavy atom. The van der Waals surface area contributed by atoms with Gasteiger partial charge in [0.15, 0.2) is 11.7 Å². The maximum Gasteiger partial charge on any atom is 0.161 e. The van der Waals surface area contributed by atoms with Crippen LogP contribution in [0.5, 0.6) is 0 Å². The van der Waals surface area contributed by atoms with E-state index < -0.39 is 0 Å². The SMILES string of the molecule is N=C(N=C(N=Cc1ccccc1)c1ccc2cc(-c3ccc4sc(-c5ccccc5)nc4c3)ccc2c1)c1ccc(-c2ccccc2)cc1. The third-order valence-corrected chi connectivity index (χ3v) is 9.54. The van der Waals surface area contributed by atoms with E-state index >= 15 is 0 Å². The van der Waals surface area contributed by atoms with Crippen molar-refractivity contribution in [3.63, 3.8) is 0 Å². The largest absolute Gasteiger partial charge is 0.282 e. The first-order valence-corrected chi connectivity index (χ1v) is 16.9. The number of aliphatic imine (C=N–C) groups is 2. The average molecular weight is 647 g/mol. The minimum Gasteiger partial charge on any atom is -0.282 e. The number of rotatable bonds is 6. The minimum atomic E-state index is 0.156. The Kier molecular flexibility index (Phi) is 8.24. The Morgan fingerprint density at radius 2 is 1.10 bits per heavy atom. The molecule has 1 aromatic heterocycles. The molecule has 0 saturated carbocycles. The van der Waals surface area contributed by atoms with Gasteiger partial charge in [-0.25, -0.2) is 15.0 Å². The van der Waals surface area contributed by atoms with Crippen LogP contribution >= 0.6 is 11.3 Å². The second-order valence-corrected chi connectivity index (χ2v) is 12.8. The standard InChI is InChI=1S/C44H30N4S/c45-42(33-18-16-32(17-19-33)31-12-6-2-7-13-31)48-43(46-29-30-10-4-1-5-11-30)39-23-22-35-26-36(20-21-37(35)27-39)38-24-25-41-40(28-38)47-44(49-41)34-14-8-3-9-15-34/h1-29,45H. The monoisotopic (exact) mass is 646 g/mol. The van der Waals surface area contributed by atoms with Crippen molar-refractivity contribution < 1.29 is 0 Å². The topological polar surface area (TPSA) is 61.5 Å². The molecule has 0 aliphatic carbocycles. The summed E-state index contributed by atoms with van der Waals surface area (Å²) in [5, 5.41) is 12.1. The van der Waals surface area contributed by atoms with Gasteiger partial charge in [0.2, 0.25) is 0 Å². The van der Waals surface area contributed by atoms with Crippen LogP contribution in [0.4, 0.5) is 0 Å². The maximum absolute atomic E-state index is 8.90. The van der Waals surface area contributed by atoms with Gasteiger partial charge in [-0.3, -0.25) is 5.41 Å². The molecule has 0 radical (unpaired) electrons. The lowest BCUT2D eigenvalue weighted by molar-refractivity contribution is 1.40. The number of nitrogens with zero attached hydrogens (tertiary/aromatic N) is 3. The Balaban J connectivity index is 1.11. The molecular weight excluding hydrogens is 617 g/mol. The van der Waals surface area contributed by atoms with E-state index in [9.17, 15) is 0 Å². The van der Waals surface area contributed by atoms with Crippen LogP contribution in [0.3, 0.4) is 0 Å². The Hall–Kier alpha value is -6.30. The van der Waals surface area contributed by atoms with Gasteiger partial charge in [0.25, 0.3) is 0 Å². The number of benzene rings is 7. The summed E-state index contributed by atoms with van der Waals surface area (Å²) >= 11 is 1.72. The van der Waals surface area contributed by atoms with Crippen molar-refractivity contribution in [2.75, 3.05) is 0 Å². The third kappa shape index (κ3) is 6.61. The second kappa shape index (κ2) is 13.4. The first-order valence-electron chi connectivity index (χ1n) is 16.1. The second-order valence-electron chi connectivity index (χ2n) is 11.7. The van der Waals surface area contributed by atoms with Crippen molar-refractivity contribution in [2.45, 2.75) is 0 Å². The maximum atomic E-state index is 8.90. The Morgan fingerprint density at radius 1 is 0.531 bits per heavy atom. The van der Waals surface area contributed by atoms with E-state index in [1.54, 1.807) is 17.6 Å². The van der Waals surface area contributed by atoms with Crippen LogP contribution in [0.25, 0.3) is 53.8 Å². The van der Waals surface area contributed by atoms with Gasteiger partial charge in [-0.2, -0.15) is 0 Å². The fourth-order valence-corrected chi connectivity index (χ4v) is 6.79. The van der Waals surface area contributed by atoms with E-state index in [0.717, 1.165) is 65.8 Å². The zero-order valence-corrected chi connectivity index (χ0v) is 27.3. The first-order chi connectivity index (χ1) is 24.2. The van der Waals surface area contributed by atoms with E-state index in [-0.39, 0.29) is 5.84 Å². The number of hydrogen-bond acceptors (Lipinski definition) is 3. The van der Waals surface area contributed by atoms with Crippen LogP contribution < -0.4 is 0 Å². The highest BCUT2D eigenvalue weighted by molar-refractivity contribution is 7.21. The molecule has 1 heterocycles. The molecule has 0 spiro atoms. The molecule has 8 rings (SSSR count). The molecule has 232 valence electrons. The molecular formula is C44H30N4S.